The summed E-state index contributed by atoms with van der Waals surface area (Å²) in [6.07, 6.45) is 0. The molecular weight excluding hydrogens is 412 g/mol. The van der Waals surface area contributed by atoms with Crippen molar-refractivity contribution in [3.63, 3.8) is 0 Å². The van der Waals surface area contributed by atoms with Crippen LogP contribution >= 0.6 is 11.6 Å². The SMILES string of the molecule is COc1ccc(C(=O)N2CCN(c3cccc(Cl)c3)CC2)cc1COc1ccccc1. The Hall–Kier alpha value is -3.18. The van der Waals surface area contributed by atoms with Crippen LogP contribution in [0.15, 0.2) is 72.8 Å². The van der Waals surface area contributed by atoms with E-state index in [1.54, 1.807) is 7.11 Å². The van der Waals surface area contributed by atoms with E-state index in [0.29, 0.717) is 31.0 Å². The molecular formula is C25H25ClN2O3. The number of ether oxygens (including phenoxy) is 2. The number of carbonyl (C=O) groups is 1. The van der Waals surface area contributed by atoms with E-state index in [-0.39, 0.29) is 5.91 Å². The molecule has 0 spiro atoms. The summed E-state index contributed by atoms with van der Waals surface area (Å²) >= 11 is 6.12. The standard InChI is InChI=1S/C25H25ClN2O3/c1-30-24-11-10-19(16-20(24)18-31-23-8-3-2-4-9-23)25(29)28-14-12-27(13-15-28)22-7-5-6-21(26)17-22/h2-11,16-17H,12-15,18H2,1H3. The molecule has 0 aliphatic carbocycles. The molecule has 6 heteroatoms. The van der Waals surface area contributed by atoms with Gasteiger partial charge in [0.1, 0.15) is 18.1 Å². The predicted octanol–water partition coefficient (Wildman–Crippen LogP) is 4.89. The molecule has 4 rings (SSSR count). The van der Waals surface area contributed by atoms with Gasteiger partial charge in [-0.25, -0.2) is 0 Å². The summed E-state index contributed by atoms with van der Waals surface area (Å²) in [6, 6.07) is 22.9. The first-order valence-electron chi connectivity index (χ1n) is 10.3. The van der Waals surface area contributed by atoms with Crippen molar-refractivity contribution in [3.8, 4) is 11.5 Å². The zero-order valence-corrected chi connectivity index (χ0v) is 18.2. The Morgan fingerprint density at radius 1 is 0.935 bits per heavy atom. The van der Waals surface area contributed by atoms with Gasteiger partial charge in [-0.15, -0.1) is 0 Å². The summed E-state index contributed by atoms with van der Waals surface area (Å²) < 4.78 is 11.3. The molecule has 0 saturated carbocycles. The van der Waals surface area contributed by atoms with Gasteiger partial charge < -0.3 is 19.3 Å². The van der Waals surface area contributed by atoms with Crippen molar-refractivity contribution in [2.45, 2.75) is 6.61 Å². The first kappa shape index (κ1) is 21.1. The minimum absolute atomic E-state index is 0.0226. The van der Waals surface area contributed by atoms with Crippen LogP contribution < -0.4 is 14.4 Å². The highest BCUT2D eigenvalue weighted by molar-refractivity contribution is 6.30. The lowest BCUT2D eigenvalue weighted by atomic mass is 10.1. The molecule has 5 nitrogen and oxygen atoms in total. The number of hydrogen-bond acceptors (Lipinski definition) is 4. The Kier molecular flexibility index (Phi) is 6.63. The van der Waals surface area contributed by atoms with E-state index < -0.39 is 0 Å². The topological polar surface area (TPSA) is 42.0 Å². The number of para-hydroxylation sites is 1. The van der Waals surface area contributed by atoms with Crippen molar-refractivity contribution in [1.82, 2.24) is 4.90 Å². The highest BCUT2D eigenvalue weighted by Gasteiger charge is 2.23. The molecule has 0 N–H and O–H groups in total. The fourth-order valence-electron chi connectivity index (χ4n) is 3.73. The van der Waals surface area contributed by atoms with Crippen LogP contribution in [0.25, 0.3) is 0 Å². The minimum Gasteiger partial charge on any atom is -0.496 e. The lowest BCUT2D eigenvalue weighted by molar-refractivity contribution is 0.0746. The molecule has 3 aromatic rings. The van der Waals surface area contributed by atoms with Crippen LogP contribution in [-0.4, -0.2) is 44.1 Å². The van der Waals surface area contributed by atoms with E-state index in [9.17, 15) is 4.79 Å². The van der Waals surface area contributed by atoms with E-state index in [1.807, 2.05) is 77.7 Å². The maximum atomic E-state index is 13.1. The Morgan fingerprint density at radius 2 is 1.71 bits per heavy atom. The maximum Gasteiger partial charge on any atom is 0.253 e. The normalized spacial score (nSPS) is 13.7. The third-order valence-electron chi connectivity index (χ3n) is 5.41. The molecule has 0 bridgehead atoms. The Labute approximate surface area is 187 Å². The molecule has 0 atom stereocenters. The molecule has 0 aromatic heterocycles. The van der Waals surface area contributed by atoms with E-state index in [0.717, 1.165) is 35.1 Å². The molecule has 1 amide bonds. The number of methoxy groups -OCH3 is 1. The van der Waals surface area contributed by atoms with Crippen molar-refractivity contribution in [2.75, 3.05) is 38.2 Å². The number of halogens is 1. The second kappa shape index (κ2) is 9.75. The summed E-state index contributed by atoms with van der Waals surface area (Å²) in [6.45, 7) is 3.19. The van der Waals surface area contributed by atoms with E-state index >= 15 is 0 Å². The second-order valence-electron chi connectivity index (χ2n) is 7.39. The third-order valence-corrected chi connectivity index (χ3v) is 5.64. The zero-order valence-electron chi connectivity index (χ0n) is 17.5. The van der Waals surface area contributed by atoms with Crippen molar-refractivity contribution < 1.29 is 14.3 Å². The molecule has 0 radical (unpaired) electrons. The van der Waals surface area contributed by atoms with E-state index in [4.69, 9.17) is 21.1 Å². The fourth-order valence-corrected chi connectivity index (χ4v) is 3.91. The quantitative estimate of drug-likeness (QED) is 0.551. The summed E-state index contributed by atoms with van der Waals surface area (Å²) in [4.78, 5) is 17.3. The highest BCUT2D eigenvalue weighted by Crippen LogP contribution is 2.24. The maximum absolute atomic E-state index is 13.1. The number of rotatable bonds is 6. The summed E-state index contributed by atoms with van der Waals surface area (Å²) in [5.41, 5.74) is 2.57. The zero-order chi connectivity index (χ0) is 21.6. The lowest BCUT2D eigenvalue weighted by Crippen LogP contribution is -2.48. The van der Waals surface area contributed by atoms with Gasteiger partial charge in [0.15, 0.2) is 0 Å². The number of benzene rings is 3. The van der Waals surface area contributed by atoms with Crippen molar-refractivity contribution in [1.29, 1.82) is 0 Å². The lowest BCUT2D eigenvalue weighted by Gasteiger charge is -2.36. The molecule has 160 valence electrons. The monoisotopic (exact) mass is 436 g/mol. The Morgan fingerprint density at radius 3 is 2.42 bits per heavy atom. The molecule has 1 aliphatic heterocycles. The second-order valence-corrected chi connectivity index (χ2v) is 7.82. The van der Waals surface area contributed by atoms with Crippen molar-refractivity contribution >= 4 is 23.2 Å². The average Bonchev–Trinajstić information content (AvgIpc) is 2.83. The number of amides is 1. The van der Waals surface area contributed by atoms with Gasteiger partial charge in [-0.05, 0) is 48.5 Å². The van der Waals surface area contributed by atoms with Crippen LogP contribution in [0.2, 0.25) is 5.02 Å². The van der Waals surface area contributed by atoms with Gasteiger partial charge in [0.05, 0.1) is 7.11 Å². The molecule has 1 aliphatic rings. The van der Waals surface area contributed by atoms with Crippen molar-refractivity contribution in [3.05, 3.63) is 88.9 Å². The predicted molar refractivity (Wildman–Crippen MR) is 123 cm³/mol. The number of nitrogens with zero attached hydrogens (tertiary/aromatic N) is 2. The summed E-state index contributed by atoms with van der Waals surface area (Å²) in [7, 11) is 1.62. The van der Waals surface area contributed by atoms with E-state index in [1.165, 1.54) is 0 Å². The largest absolute Gasteiger partial charge is 0.496 e. The Balaban J connectivity index is 1.42. The Bertz CT molecular complexity index is 1030. The van der Waals surface area contributed by atoms with Gasteiger partial charge >= 0.3 is 0 Å². The van der Waals surface area contributed by atoms with Gasteiger partial charge in [0.2, 0.25) is 0 Å². The van der Waals surface area contributed by atoms with Crippen LogP contribution in [0.5, 0.6) is 11.5 Å². The van der Waals surface area contributed by atoms with Gasteiger partial charge in [-0.2, -0.15) is 0 Å². The molecule has 3 aromatic carbocycles. The summed E-state index contributed by atoms with van der Waals surface area (Å²) in [5.74, 6) is 1.51. The molecule has 31 heavy (non-hydrogen) atoms. The number of hydrogen-bond donors (Lipinski definition) is 0. The average molecular weight is 437 g/mol. The van der Waals surface area contributed by atoms with Crippen LogP contribution in [0.4, 0.5) is 5.69 Å². The smallest absolute Gasteiger partial charge is 0.253 e. The third kappa shape index (κ3) is 5.12. The van der Waals surface area contributed by atoms with E-state index in [2.05, 4.69) is 4.90 Å². The molecule has 0 unspecified atom stereocenters. The first-order valence-corrected chi connectivity index (χ1v) is 10.7. The van der Waals surface area contributed by atoms with Crippen LogP contribution in [-0.2, 0) is 6.61 Å². The minimum atomic E-state index is 0.0226. The van der Waals surface area contributed by atoms with Gasteiger partial charge in [-0.3, -0.25) is 4.79 Å². The summed E-state index contributed by atoms with van der Waals surface area (Å²) in [5, 5.41) is 0.722. The fraction of sp³-hybridized carbons (Fsp3) is 0.240. The molecule has 1 saturated heterocycles. The highest BCUT2D eigenvalue weighted by atomic mass is 35.5. The van der Waals surface area contributed by atoms with Gasteiger partial charge in [-0.1, -0.05) is 35.9 Å². The number of carbonyl (C=O) groups excluding carboxylic acids is 1. The first-order chi connectivity index (χ1) is 15.1. The van der Waals surface area contributed by atoms with Crippen LogP contribution in [0.3, 0.4) is 0 Å². The van der Waals surface area contributed by atoms with Gasteiger partial charge in [0.25, 0.3) is 5.91 Å². The van der Waals surface area contributed by atoms with Gasteiger partial charge in [0, 0.05) is 48.0 Å². The van der Waals surface area contributed by atoms with Crippen LogP contribution in [0, 0.1) is 0 Å². The molecule has 1 heterocycles. The molecule has 1 fully saturated rings. The number of piperazine rings is 1. The van der Waals surface area contributed by atoms with Crippen LogP contribution in [0.1, 0.15) is 15.9 Å². The number of anilines is 1. The van der Waals surface area contributed by atoms with Crippen molar-refractivity contribution in [2.24, 2.45) is 0 Å².